The SMILES string of the molecule is CCC[C@H](C)Oc1nc(N)c2ncc(CC3CCN(C4CCNCC4)CC3)n2n1. The van der Waals surface area contributed by atoms with E-state index in [-0.39, 0.29) is 6.10 Å². The molecular formula is C21H35N7O. The van der Waals surface area contributed by atoms with Crippen LogP contribution in [0.5, 0.6) is 6.01 Å². The van der Waals surface area contributed by atoms with Crippen LogP contribution in [0.15, 0.2) is 6.20 Å². The standard InChI is InChI=1S/C21H35N7O/c1-3-4-15(2)29-21-25-19(22)20-24-14-18(28(20)26-21)13-16-7-11-27(12-8-16)17-5-9-23-10-6-17/h14-17,23H,3-13H2,1-2H3,(H2,22,25,26)/t15-/m0/s1. The number of nitrogens with zero attached hydrogens (tertiary/aromatic N) is 5. The highest BCUT2D eigenvalue weighted by molar-refractivity contribution is 5.59. The first kappa shape index (κ1) is 20.3. The molecule has 2 aromatic heterocycles. The van der Waals surface area contributed by atoms with Crippen molar-refractivity contribution in [2.45, 2.75) is 70.9 Å². The fourth-order valence-corrected chi connectivity index (χ4v) is 4.75. The summed E-state index contributed by atoms with van der Waals surface area (Å²) in [4.78, 5) is 11.5. The molecule has 2 aromatic rings. The fraction of sp³-hybridized carbons (Fsp3) is 0.762. The molecule has 160 valence electrons. The van der Waals surface area contributed by atoms with Crippen LogP contribution in [0.2, 0.25) is 0 Å². The number of hydrogen-bond acceptors (Lipinski definition) is 7. The summed E-state index contributed by atoms with van der Waals surface area (Å²) < 4.78 is 7.72. The molecule has 3 N–H and O–H groups in total. The third kappa shape index (κ3) is 4.80. The van der Waals surface area contributed by atoms with Crippen LogP contribution in [0.25, 0.3) is 5.65 Å². The van der Waals surface area contributed by atoms with Gasteiger partial charge in [-0.15, -0.1) is 5.10 Å². The van der Waals surface area contributed by atoms with Crippen molar-refractivity contribution in [2.75, 3.05) is 31.9 Å². The summed E-state index contributed by atoms with van der Waals surface area (Å²) in [6.07, 6.45) is 10.0. The molecule has 0 spiro atoms. The number of likely N-dealkylation sites (tertiary alicyclic amines) is 1. The summed E-state index contributed by atoms with van der Waals surface area (Å²) in [7, 11) is 0. The van der Waals surface area contributed by atoms with Crippen LogP contribution in [-0.4, -0.2) is 62.8 Å². The molecule has 2 aliphatic rings. The zero-order chi connectivity index (χ0) is 20.2. The maximum absolute atomic E-state index is 6.13. The van der Waals surface area contributed by atoms with E-state index < -0.39 is 0 Å². The van der Waals surface area contributed by atoms with Crippen LogP contribution in [0.3, 0.4) is 0 Å². The number of piperidine rings is 2. The first-order valence-electron chi connectivity index (χ1n) is 11.3. The van der Waals surface area contributed by atoms with Gasteiger partial charge in [-0.25, -0.2) is 9.50 Å². The third-order valence-electron chi connectivity index (χ3n) is 6.41. The number of rotatable bonds is 7. The van der Waals surface area contributed by atoms with Crippen molar-refractivity contribution in [1.29, 1.82) is 0 Å². The second-order valence-electron chi connectivity index (χ2n) is 8.65. The van der Waals surface area contributed by atoms with E-state index in [1.807, 2.05) is 17.6 Å². The molecule has 8 nitrogen and oxygen atoms in total. The topological polar surface area (TPSA) is 93.6 Å². The number of nitrogens with one attached hydrogen (secondary N) is 1. The van der Waals surface area contributed by atoms with E-state index >= 15 is 0 Å². The molecular weight excluding hydrogens is 366 g/mol. The Bertz CT molecular complexity index is 794. The molecule has 0 bridgehead atoms. The first-order valence-corrected chi connectivity index (χ1v) is 11.3. The predicted molar refractivity (Wildman–Crippen MR) is 114 cm³/mol. The maximum atomic E-state index is 6.13. The van der Waals surface area contributed by atoms with E-state index in [0.29, 0.717) is 23.4 Å². The van der Waals surface area contributed by atoms with Gasteiger partial charge < -0.3 is 20.7 Å². The van der Waals surface area contributed by atoms with Gasteiger partial charge in [0, 0.05) is 6.04 Å². The van der Waals surface area contributed by atoms with Gasteiger partial charge in [0.2, 0.25) is 0 Å². The maximum Gasteiger partial charge on any atom is 0.336 e. The fourth-order valence-electron chi connectivity index (χ4n) is 4.75. The van der Waals surface area contributed by atoms with Crippen molar-refractivity contribution in [3.05, 3.63) is 11.9 Å². The lowest BCUT2D eigenvalue weighted by Gasteiger charge is -2.39. The molecule has 0 amide bonds. The summed E-state index contributed by atoms with van der Waals surface area (Å²) in [6.45, 7) is 8.91. The van der Waals surface area contributed by atoms with E-state index in [9.17, 15) is 0 Å². The number of anilines is 1. The molecule has 29 heavy (non-hydrogen) atoms. The Balaban J connectivity index is 1.41. The average molecular weight is 402 g/mol. The molecule has 2 saturated heterocycles. The van der Waals surface area contributed by atoms with Gasteiger partial charge in [0.25, 0.3) is 0 Å². The Labute approximate surface area is 173 Å². The van der Waals surface area contributed by atoms with E-state index in [0.717, 1.165) is 44.1 Å². The number of nitrogen functional groups attached to an aromatic ring is 1. The van der Waals surface area contributed by atoms with Crippen molar-refractivity contribution in [2.24, 2.45) is 5.92 Å². The van der Waals surface area contributed by atoms with Crippen LogP contribution in [0.1, 0.15) is 58.1 Å². The zero-order valence-electron chi connectivity index (χ0n) is 17.8. The monoisotopic (exact) mass is 401 g/mol. The third-order valence-corrected chi connectivity index (χ3v) is 6.41. The lowest BCUT2D eigenvalue weighted by Crippen LogP contribution is -2.46. The molecule has 0 saturated carbocycles. The van der Waals surface area contributed by atoms with Crippen molar-refractivity contribution < 1.29 is 4.74 Å². The molecule has 0 radical (unpaired) electrons. The van der Waals surface area contributed by atoms with Crippen molar-refractivity contribution in [3.8, 4) is 6.01 Å². The number of nitrogens with two attached hydrogens (primary N) is 1. The van der Waals surface area contributed by atoms with Gasteiger partial charge >= 0.3 is 6.01 Å². The second kappa shape index (κ2) is 9.26. The molecule has 1 atom stereocenters. The number of aromatic nitrogens is 4. The summed E-state index contributed by atoms with van der Waals surface area (Å²) >= 11 is 0. The normalized spacial score (nSPS) is 20.9. The molecule has 2 fully saturated rings. The number of hydrogen-bond donors (Lipinski definition) is 2. The molecule has 4 rings (SSSR count). The lowest BCUT2D eigenvalue weighted by atomic mass is 9.90. The highest BCUT2D eigenvalue weighted by Gasteiger charge is 2.27. The number of ether oxygens (including phenoxy) is 1. The Morgan fingerprint density at radius 1 is 1.24 bits per heavy atom. The van der Waals surface area contributed by atoms with E-state index in [2.05, 4.69) is 32.2 Å². The van der Waals surface area contributed by atoms with Crippen LogP contribution < -0.4 is 15.8 Å². The second-order valence-corrected chi connectivity index (χ2v) is 8.65. The highest BCUT2D eigenvalue weighted by Crippen LogP contribution is 2.26. The van der Waals surface area contributed by atoms with Crippen molar-refractivity contribution in [3.63, 3.8) is 0 Å². The average Bonchev–Trinajstić information content (AvgIpc) is 3.12. The van der Waals surface area contributed by atoms with Gasteiger partial charge in [-0.3, -0.25) is 0 Å². The molecule has 4 heterocycles. The highest BCUT2D eigenvalue weighted by atomic mass is 16.5. The minimum absolute atomic E-state index is 0.0723. The van der Waals surface area contributed by atoms with Gasteiger partial charge in [-0.1, -0.05) is 13.3 Å². The Morgan fingerprint density at radius 3 is 2.72 bits per heavy atom. The van der Waals surface area contributed by atoms with Gasteiger partial charge in [-0.05, 0) is 77.5 Å². The molecule has 0 aliphatic carbocycles. The quantitative estimate of drug-likeness (QED) is 0.735. The minimum Gasteiger partial charge on any atom is -0.459 e. The number of fused-ring (bicyclic) bond motifs is 1. The summed E-state index contributed by atoms with van der Waals surface area (Å²) in [6, 6.07) is 1.11. The van der Waals surface area contributed by atoms with E-state index in [1.54, 1.807) is 0 Å². The van der Waals surface area contributed by atoms with Crippen LogP contribution >= 0.6 is 0 Å². The van der Waals surface area contributed by atoms with Crippen molar-refractivity contribution >= 4 is 11.5 Å². The first-order chi connectivity index (χ1) is 14.1. The largest absolute Gasteiger partial charge is 0.459 e. The Kier molecular flexibility index (Phi) is 6.50. The summed E-state index contributed by atoms with van der Waals surface area (Å²) in [5, 5.41) is 8.06. The minimum atomic E-state index is 0.0723. The van der Waals surface area contributed by atoms with Gasteiger partial charge in [0.15, 0.2) is 11.5 Å². The van der Waals surface area contributed by atoms with Crippen LogP contribution in [-0.2, 0) is 6.42 Å². The Hall–Kier alpha value is -1.93. The van der Waals surface area contributed by atoms with E-state index in [4.69, 9.17) is 10.5 Å². The molecule has 2 aliphatic heterocycles. The molecule has 8 heteroatoms. The van der Waals surface area contributed by atoms with Gasteiger partial charge in [0.1, 0.15) is 0 Å². The van der Waals surface area contributed by atoms with Crippen LogP contribution in [0, 0.1) is 5.92 Å². The summed E-state index contributed by atoms with van der Waals surface area (Å²) in [5.41, 5.74) is 7.85. The van der Waals surface area contributed by atoms with Gasteiger partial charge in [-0.2, -0.15) is 4.98 Å². The predicted octanol–water partition coefficient (Wildman–Crippen LogP) is 2.28. The smallest absolute Gasteiger partial charge is 0.336 e. The molecule has 0 unspecified atom stereocenters. The zero-order valence-corrected chi connectivity index (χ0v) is 17.8. The Morgan fingerprint density at radius 2 is 2.00 bits per heavy atom. The lowest BCUT2D eigenvalue weighted by molar-refractivity contribution is 0.110. The van der Waals surface area contributed by atoms with Crippen LogP contribution in [0.4, 0.5) is 5.82 Å². The molecule has 0 aromatic carbocycles. The summed E-state index contributed by atoms with van der Waals surface area (Å²) in [5.74, 6) is 1.04. The number of imidazole rings is 1. The van der Waals surface area contributed by atoms with Gasteiger partial charge in [0.05, 0.1) is 18.0 Å². The van der Waals surface area contributed by atoms with Crippen molar-refractivity contribution in [1.82, 2.24) is 29.8 Å². The van der Waals surface area contributed by atoms with E-state index in [1.165, 1.54) is 38.8 Å².